The normalized spacial score (nSPS) is 16.7. The minimum Gasteiger partial charge on any atom is -0.466 e. The molecule has 2 amide bonds. The van der Waals surface area contributed by atoms with Crippen molar-refractivity contribution >= 4 is 35.1 Å². The van der Waals surface area contributed by atoms with Crippen LogP contribution in [0, 0.1) is 5.41 Å². The minimum absolute atomic E-state index is 0.0889. The second-order valence-electron chi connectivity index (χ2n) is 8.91. The average Bonchev–Trinajstić information content (AvgIpc) is 2.67. The summed E-state index contributed by atoms with van der Waals surface area (Å²) in [5.41, 5.74) is -0.605. The van der Waals surface area contributed by atoms with Crippen LogP contribution in [0.25, 0.3) is 0 Å². The number of esters is 1. The summed E-state index contributed by atoms with van der Waals surface area (Å²) in [6.07, 6.45) is 9.28. The highest BCUT2D eigenvalue weighted by Crippen LogP contribution is 2.15. The predicted octanol–water partition coefficient (Wildman–Crippen LogP) is 3.31. The lowest BCUT2D eigenvalue weighted by molar-refractivity contribution is -0.147. The van der Waals surface area contributed by atoms with Crippen LogP contribution in [0.4, 0.5) is 0 Å². The number of rotatable bonds is 11. The molecular weight excluding hydrogens is 402 g/mol. The van der Waals surface area contributed by atoms with E-state index in [1.54, 1.807) is 25.7 Å². The van der Waals surface area contributed by atoms with Crippen LogP contribution in [0.1, 0.15) is 85.5 Å². The van der Waals surface area contributed by atoms with Crippen LogP contribution in [0.15, 0.2) is 0 Å². The Morgan fingerprint density at radius 2 is 1.73 bits per heavy atom. The van der Waals surface area contributed by atoms with E-state index < -0.39 is 17.4 Å². The molecular formula is C22H39N3O4S. The summed E-state index contributed by atoms with van der Waals surface area (Å²) in [4.78, 5) is 38.4. The van der Waals surface area contributed by atoms with Crippen LogP contribution < -0.4 is 10.6 Å². The highest BCUT2D eigenvalue weighted by atomic mass is 32.1. The maximum Gasteiger partial charge on any atom is 0.308 e. The van der Waals surface area contributed by atoms with Gasteiger partial charge in [-0.05, 0) is 18.6 Å². The Hall–Kier alpha value is -1.70. The van der Waals surface area contributed by atoms with Gasteiger partial charge >= 0.3 is 5.97 Å². The van der Waals surface area contributed by atoms with Gasteiger partial charge < -0.3 is 20.3 Å². The molecule has 172 valence electrons. The molecule has 0 aromatic heterocycles. The van der Waals surface area contributed by atoms with Crippen molar-refractivity contribution in [1.82, 2.24) is 15.5 Å². The number of carbonyl (C=O) groups is 3. The molecule has 1 unspecified atom stereocenters. The SMILES string of the molecule is CCCCCCCCCCOC(=O)CC1C(=O)NCCN1C(=S)NC(=O)C(C)(C)C. The summed E-state index contributed by atoms with van der Waals surface area (Å²) < 4.78 is 5.33. The Kier molecular flexibility index (Phi) is 11.9. The van der Waals surface area contributed by atoms with Crippen LogP contribution in [-0.2, 0) is 19.1 Å². The number of carbonyl (C=O) groups excluding carboxylic acids is 3. The third-order valence-corrected chi connectivity index (χ3v) is 5.45. The molecule has 0 aromatic rings. The van der Waals surface area contributed by atoms with E-state index in [0.717, 1.165) is 19.3 Å². The Labute approximate surface area is 186 Å². The number of thiocarbonyl (C=S) groups is 1. The second kappa shape index (κ2) is 13.6. The van der Waals surface area contributed by atoms with Crippen LogP contribution in [0.2, 0.25) is 0 Å². The zero-order valence-electron chi connectivity index (χ0n) is 19.1. The molecule has 1 aliphatic heterocycles. The molecule has 30 heavy (non-hydrogen) atoms. The molecule has 1 saturated heterocycles. The first kappa shape index (κ1) is 26.3. The monoisotopic (exact) mass is 441 g/mol. The molecule has 1 rings (SSSR count). The van der Waals surface area contributed by atoms with Crippen LogP contribution in [0.5, 0.6) is 0 Å². The smallest absolute Gasteiger partial charge is 0.308 e. The van der Waals surface area contributed by atoms with Crippen molar-refractivity contribution in [3.8, 4) is 0 Å². The summed E-state index contributed by atoms with van der Waals surface area (Å²) in [5, 5.41) is 5.61. The third kappa shape index (κ3) is 9.87. The van der Waals surface area contributed by atoms with E-state index in [0.29, 0.717) is 19.7 Å². The van der Waals surface area contributed by atoms with E-state index in [-0.39, 0.29) is 23.3 Å². The standard InChI is InChI=1S/C22H39N3O4S/c1-5-6-7-8-9-10-11-12-15-29-18(26)16-17-19(27)23-13-14-25(17)21(30)24-20(28)22(2,3)4/h17H,5-16H2,1-4H3,(H,23,27)(H,24,28,30). The van der Waals surface area contributed by atoms with Gasteiger partial charge in [0.25, 0.3) is 0 Å². The lowest BCUT2D eigenvalue weighted by Gasteiger charge is -2.36. The summed E-state index contributed by atoms with van der Waals surface area (Å²) in [6, 6.07) is -0.766. The van der Waals surface area contributed by atoms with Gasteiger partial charge in [-0.2, -0.15) is 0 Å². The van der Waals surface area contributed by atoms with Gasteiger partial charge in [0.05, 0.1) is 13.0 Å². The maximum absolute atomic E-state index is 12.3. The Balaban J connectivity index is 2.40. The van der Waals surface area contributed by atoms with E-state index >= 15 is 0 Å². The Bertz CT molecular complexity index is 589. The quantitative estimate of drug-likeness (QED) is 0.291. The molecule has 0 bridgehead atoms. The predicted molar refractivity (Wildman–Crippen MR) is 122 cm³/mol. The number of ether oxygens (including phenoxy) is 1. The first-order chi connectivity index (χ1) is 14.2. The topological polar surface area (TPSA) is 87.7 Å². The van der Waals surface area contributed by atoms with Gasteiger partial charge in [0, 0.05) is 18.5 Å². The number of nitrogens with zero attached hydrogens (tertiary/aromatic N) is 1. The van der Waals surface area contributed by atoms with Gasteiger partial charge in [-0.1, -0.05) is 72.6 Å². The van der Waals surface area contributed by atoms with E-state index in [4.69, 9.17) is 17.0 Å². The highest BCUT2D eigenvalue weighted by molar-refractivity contribution is 7.80. The molecule has 1 atom stereocenters. The maximum atomic E-state index is 12.3. The van der Waals surface area contributed by atoms with E-state index in [9.17, 15) is 14.4 Å². The zero-order valence-corrected chi connectivity index (χ0v) is 19.9. The number of amides is 2. The minimum atomic E-state index is -0.766. The van der Waals surface area contributed by atoms with Crippen LogP contribution >= 0.6 is 12.2 Å². The summed E-state index contributed by atoms with van der Waals surface area (Å²) in [7, 11) is 0. The third-order valence-electron chi connectivity index (χ3n) is 5.11. The molecule has 0 radical (unpaired) electrons. The first-order valence-electron chi connectivity index (χ1n) is 11.2. The van der Waals surface area contributed by atoms with Crippen LogP contribution in [0.3, 0.4) is 0 Å². The van der Waals surface area contributed by atoms with Crippen molar-refractivity contribution in [3.63, 3.8) is 0 Å². The number of piperazine rings is 1. The van der Waals surface area contributed by atoms with Gasteiger partial charge in [0.2, 0.25) is 11.8 Å². The molecule has 0 spiro atoms. The van der Waals surface area contributed by atoms with Crippen molar-refractivity contribution in [2.75, 3.05) is 19.7 Å². The summed E-state index contributed by atoms with van der Waals surface area (Å²) in [6.45, 7) is 8.78. The van der Waals surface area contributed by atoms with E-state index in [2.05, 4.69) is 17.6 Å². The molecule has 8 heteroatoms. The van der Waals surface area contributed by atoms with Crippen molar-refractivity contribution < 1.29 is 19.1 Å². The zero-order chi connectivity index (χ0) is 22.6. The number of nitrogens with one attached hydrogen (secondary N) is 2. The fourth-order valence-electron chi connectivity index (χ4n) is 3.16. The molecule has 2 N–H and O–H groups in total. The van der Waals surface area contributed by atoms with Crippen LogP contribution in [-0.4, -0.2) is 53.5 Å². The first-order valence-corrected chi connectivity index (χ1v) is 11.6. The van der Waals surface area contributed by atoms with Crippen molar-refractivity contribution in [2.45, 2.75) is 91.5 Å². The Morgan fingerprint density at radius 3 is 2.33 bits per heavy atom. The van der Waals surface area contributed by atoms with Gasteiger partial charge in [-0.15, -0.1) is 0 Å². The number of hydrogen-bond acceptors (Lipinski definition) is 5. The van der Waals surface area contributed by atoms with Gasteiger partial charge in [0.15, 0.2) is 5.11 Å². The van der Waals surface area contributed by atoms with Gasteiger partial charge in [-0.3, -0.25) is 14.4 Å². The molecule has 7 nitrogen and oxygen atoms in total. The number of hydrogen-bond donors (Lipinski definition) is 2. The summed E-state index contributed by atoms with van der Waals surface area (Å²) in [5.74, 6) is -0.929. The van der Waals surface area contributed by atoms with Crippen molar-refractivity contribution in [2.24, 2.45) is 5.41 Å². The molecule has 0 aromatic carbocycles. The average molecular weight is 442 g/mol. The largest absolute Gasteiger partial charge is 0.466 e. The van der Waals surface area contributed by atoms with Gasteiger partial charge in [-0.25, -0.2) is 0 Å². The van der Waals surface area contributed by atoms with Crippen molar-refractivity contribution in [1.29, 1.82) is 0 Å². The fraction of sp³-hybridized carbons (Fsp3) is 0.818. The molecule has 1 aliphatic rings. The fourth-order valence-corrected chi connectivity index (χ4v) is 3.47. The van der Waals surface area contributed by atoms with Gasteiger partial charge in [0.1, 0.15) is 6.04 Å². The Morgan fingerprint density at radius 1 is 1.13 bits per heavy atom. The molecule has 0 aliphatic carbocycles. The van der Waals surface area contributed by atoms with E-state index in [1.165, 1.54) is 32.1 Å². The second-order valence-corrected chi connectivity index (χ2v) is 9.30. The molecule has 1 heterocycles. The molecule has 1 fully saturated rings. The lowest BCUT2D eigenvalue weighted by atomic mass is 9.96. The number of unbranched alkanes of at least 4 members (excludes halogenated alkanes) is 7. The molecule has 0 saturated carbocycles. The lowest BCUT2D eigenvalue weighted by Crippen LogP contribution is -2.61. The summed E-state index contributed by atoms with van der Waals surface area (Å²) >= 11 is 5.34. The highest BCUT2D eigenvalue weighted by Gasteiger charge is 2.35. The van der Waals surface area contributed by atoms with E-state index in [1.807, 2.05) is 0 Å². The van der Waals surface area contributed by atoms with Crippen molar-refractivity contribution in [3.05, 3.63) is 0 Å².